The first-order valence-electron chi connectivity index (χ1n) is 6.57. The zero-order chi connectivity index (χ0) is 15.6. The lowest BCUT2D eigenvalue weighted by atomic mass is 10.2. The summed E-state index contributed by atoms with van der Waals surface area (Å²) in [6.45, 7) is 2.02. The van der Waals surface area contributed by atoms with Crippen molar-refractivity contribution in [2.75, 3.05) is 18.4 Å². The number of benzene rings is 1. The van der Waals surface area contributed by atoms with Crippen LogP contribution in [0.3, 0.4) is 0 Å². The molecule has 0 radical (unpaired) electrons. The number of carboxylic acids is 1. The zero-order valence-corrected chi connectivity index (χ0v) is 13.1. The van der Waals surface area contributed by atoms with Crippen LogP contribution >= 0.6 is 15.9 Å². The maximum absolute atomic E-state index is 12.0. The number of aliphatic carboxylic acids is 1. The van der Waals surface area contributed by atoms with Crippen molar-refractivity contribution in [2.45, 2.75) is 25.5 Å². The molecule has 21 heavy (non-hydrogen) atoms. The number of carbonyl (C=O) groups is 2. The van der Waals surface area contributed by atoms with Gasteiger partial charge in [-0.25, -0.2) is 0 Å². The number of β-amino-alcohol motifs (C(OH)–C–C–N with tert-alkyl or cyclic N) is 1. The standard InChI is InChI=1S/C14H17BrN2O4/c1-8-4-9(15)2-3-11(8)16-13(19)7-17-6-10(18)5-12(17)14(20)21/h2-4,10,12,18H,5-7H2,1H3,(H,16,19)(H,20,21). The van der Waals surface area contributed by atoms with Gasteiger partial charge in [-0.3, -0.25) is 14.5 Å². The van der Waals surface area contributed by atoms with Gasteiger partial charge in [-0.05, 0) is 30.7 Å². The topological polar surface area (TPSA) is 89.9 Å². The Morgan fingerprint density at radius 3 is 2.81 bits per heavy atom. The number of rotatable bonds is 4. The normalized spacial score (nSPS) is 22.2. The van der Waals surface area contributed by atoms with Crippen LogP contribution in [-0.4, -0.2) is 52.2 Å². The van der Waals surface area contributed by atoms with Crippen LogP contribution in [0.25, 0.3) is 0 Å². The Hall–Kier alpha value is -1.44. The number of halogens is 1. The van der Waals surface area contributed by atoms with Crippen LogP contribution in [0.1, 0.15) is 12.0 Å². The largest absolute Gasteiger partial charge is 0.480 e. The second-order valence-electron chi connectivity index (χ2n) is 5.18. The molecule has 2 rings (SSSR count). The quantitative estimate of drug-likeness (QED) is 0.754. The van der Waals surface area contributed by atoms with Crippen LogP contribution in [0.2, 0.25) is 0 Å². The first-order valence-corrected chi connectivity index (χ1v) is 7.37. The van der Waals surface area contributed by atoms with Gasteiger partial charge < -0.3 is 15.5 Å². The molecule has 6 nitrogen and oxygen atoms in total. The molecular formula is C14H17BrN2O4. The van der Waals surface area contributed by atoms with E-state index in [1.807, 2.05) is 19.1 Å². The number of amides is 1. The smallest absolute Gasteiger partial charge is 0.321 e. The van der Waals surface area contributed by atoms with E-state index >= 15 is 0 Å². The average Bonchev–Trinajstić information content (AvgIpc) is 2.74. The molecular weight excluding hydrogens is 340 g/mol. The Labute approximate surface area is 130 Å². The molecule has 1 heterocycles. The van der Waals surface area contributed by atoms with Gasteiger partial charge in [0.1, 0.15) is 6.04 Å². The molecule has 1 amide bonds. The van der Waals surface area contributed by atoms with Gasteiger partial charge in [-0.2, -0.15) is 0 Å². The SMILES string of the molecule is Cc1cc(Br)ccc1NC(=O)CN1CC(O)CC1C(=O)O. The fourth-order valence-corrected chi connectivity index (χ4v) is 2.93. The number of aryl methyl sites for hydroxylation is 1. The highest BCUT2D eigenvalue weighted by atomic mass is 79.9. The summed E-state index contributed by atoms with van der Waals surface area (Å²) in [7, 11) is 0. The number of aliphatic hydroxyl groups is 1. The number of likely N-dealkylation sites (tertiary alicyclic amines) is 1. The van der Waals surface area contributed by atoms with Gasteiger partial charge in [0.15, 0.2) is 0 Å². The van der Waals surface area contributed by atoms with E-state index in [1.54, 1.807) is 6.07 Å². The number of nitrogens with one attached hydrogen (secondary N) is 1. The van der Waals surface area contributed by atoms with Gasteiger partial charge in [0.2, 0.25) is 5.91 Å². The molecule has 2 unspecified atom stereocenters. The summed E-state index contributed by atoms with van der Waals surface area (Å²) in [5.41, 5.74) is 1.60. The number of aliphatic hydroxyl groups excluding tert-OH is 1. The molecule has 1 saturated heterocycles. The Balaban J connectivity index is 1.99. The number of nitrogens with zero attached hydrogens (tertiary/aromatic N) is 1. The highest BCUT2D eigenvalue weighted by molar-refractivity contribution is 9.10. The van der Waals surface area contributed by atoms with E-state index in [1.165, 1.54) is 4.90 Å². The maximum atomic E-state index is 12.0. The third kappa shape index (κ3) is 4.03. The van der Waals surface area contributed by atoms with Gasteiger partial charge >= 0.3 is 5.97 Å². The second kappa shape index (κ2) is 6.55. The fraction of sp³-hybridized carbons (Fsp3) is 0.429. The molecule has 0 spiro atoms. The van der Waals surface area contributed by atoms with Crippen molar-refractivity contribution in [2.24, 2.45) is 0 Å². The lowest BCUT2D eigenvalue weighted by molar-refractivity contribution is -0.142. The van der Waals surface area contributed by atoms with Gasteiger partial charge in [-0.15, -0.1) is 0 Å². The molecule has 1 fully saturated rings. The summed E-state index contributed by atoms with van der Waals surface area (Å²) < 4.78 is 0.923. The molecule has 2 atom stereocenters. The minimum Gasteiger partial charge on any atom is -0.480 e. The van der Waals surface area contributed by atoms with Gasteiger partial charge in [0.05, 0.1) is 12.6 Å². The number of anilines is 1. The van der Waals surface area contributed by atoms with Crippen LogP contribution in [0.4, 0.5) is 5.69 Å². The van der Waals surface area contributed by atoms with Crippen molar-refractivity contribution < 1.29 is 19.8 Å². The van der Waals surface area contributed by atoms with E-state index in [0.717, 1.165) is 10.0 Å². The molecule has 0 bridgehead atoms. The Morgan fingerprint density at radius 2 is 2.19 bits per heavy atom. The first kappa shape index (κ1) is 15.9. The summed E-state index contributed by atoms with van der Waals surface area (Å²) in [5.74, 6) is -1.31. The highest BCUT2D eigenvalue weighted by Gasteiger charge is 2.36. The fourth-order valence-electron chi connectivity index (χ4n) is 2.45. The van der Waals surface area contributed by atoms with Crippen LogP contribution < -0.4 is 5.32 Å². The summed E-state index contributed by atoms with van der Waals surface area (Å²) in [5, 5.41) is 21.4. The van der Waals surface area contributed by atoms with Gasteiger partial charge in [-0.1, -0.05) is 15.9 Å². The van der Waals surface area contributed by atoms with Crippen molar-refractivity contribution in [1.82, 2.24) is 4.90 Å². The van der Waals surface area contributed by atoms with Crippen molar-refractivity contribution in [3.8, 4) is 0 Å². The van der Waals surface area contributed by atoms with E-state index < -0.39 is 18.1 Å². The summed E-state index contributed by atoms with van der Waals surface area (Å²) in [4.78, 5) is 24.6. The molecule has 3 N–H and O–H groups in total. The minimum atomic E-state index is -1.01. The number of hydrogen-bond acceptors (Lipinski definition) is 4. The minimum absolute atomic E-state index is 0.0521. The predicted molar refractivity (Wildman–Crippen MR) is 81.1 cm³/mol. The van der Waals surface area contributed by atoms with Crippen molar-refractivity contribution in [3.63, 3.8) is 0 Å². The third-order valence-corrected chi connectivity index (χ3v) is 3.97. The predicted octanol–water partition coefficient (Wildman–Crippen LogP) is 1.22. The summed E-state index contributed by atoms with van der Waals surface area (Å²) in [6.07, 6.45) is -0.548. The van der Waals surface area contributed by atoms with Crippen LogP contribution in [0.5, 0.6) is 0 Å². The molecule has 0 aromatic heterocycles. The van der Waals surface area contributed by atoms with E-state index in [4.69, 9.17) is 5.11 Å². The zero-order valence-electron chi connectivity index (χ0n) is 11.5. The first-order chi connectivity index (χ1) is 9.86. The highest BCUT2D eigenvalue weighted by Crippen LogP contribution is 2.21. The van der Waals surface area contributed by atoms with E-state index in [-0.39, 0.29) is 25.4 Å². The van der Waals surface area contributed by atoms with Crippen LogP contribution in [0, 0.1) is 6.92 Å². The van der Waals surface area contributed by atoms with Crippen molar-refractivity contribution in [1.29, 1.82) is 0 Å². The van der Waals surface area contributed by atoms with E-state index in [0.29, 0.717) is 5.69 Å². The monoisotopic (exact) mass is 356 g/mol. The molecule has 1 aliphatic rings. The molecule has 1 aromatic rings. The Kier molecular flexibility index (Phi) is 4.97. The van der Waals surface area contributed by atoms with Crippen molar-refractivity contribution in [3.05, 3.63) is 28.2 Å². The maximum Gasteiger partial charge on any atom is 0.321 e. The van der Waals surface area contributed by atoms with Crippen LogP contribution in [0.15, 0.2) is 22.7 Å². The Morgan fingerprint density at radius 1 is 1.48 bits per heavy atom. The molecule has 114 valence electrons. The van der Waals surface area contributed by atoms with Gasteiger partial charge in [0, 0.05) is 23.1 Å². The van der Waals surface area contributed by atoms with Crippen molar-refractivity contribution >= 4 is 33.5 Å². The van der Waals surface area contributed by atoms with Crippen LogP contribution in [-0.2, 0) is 9.59 Å². The van der Waals surface area contributed by atoms with Gasteiger partial charge in [0.25, 0.3) is 0 Å². The number of carboxylic acid groups (broad SMARTS) is 1. The second-order valence-corrected chi connectivity index (χ2v) is 6.10. The van der Waals surface area contributed by atoms with E-state index in [9.17, 15) is 14.7 Å². The Bertz CT molecular complexity index is 564. The van der Waals surface area contributed by atoms with E-state index in [2.05, 4.69) is 21.2 Å². The molecule has 0 saturated carbocycles. The molecule has 0 aliphatic carbocycles. The summed E-state index contributed by atoms with van der Waals surface area (Å²) in [6, 6.07) is 4.68. The molecule has 7 heteroatoms. The lowest BCUT2D eigenvalue weighted by Crippen LogP contribution is -2.41. The third-order valence-electron chi connectivity index (χ3n) is 3.48. The molecule has 1 aromatic carbocycles. The average molecular weight is 357 g/mol. The summed E-state index contributed by atoms with van der Waals surface area (Å²) >= 11 is 3.35. The number of carbonyl (C=O) groups excluding carboxylic acids is 1. The molecule has 1 aliphatic heterocycles. The number of hydrogen-bond donors (Lipinski definition) is 3. The lowest BCUT2D eigenvalue weighted by Gasteiger charge is -2.20.